The van der Waals surface area contributed by atoms with Crippen LogP contribution in [0.5, 0.6) is 0 Å². The van der Waals surface area contributed by atoms with Crippen molar-refractivity contribution in [3.8, 4) is 0 Å². The van der Waals surface area contributed by atoms with Crippen molar-refractivity contribution >= 4 is 12.6 Å². The maximum atomic E-state index is 4.43. The van der Waals surface area contributed by atoms with Gasteiger partial charge in [0.05, 0.1) is 0 Å². The Labute approximate surface area is 80.4 Å². The zero-order valence-corrected chi connectivity index (χ0v) is 9.07. The van der Waals surface area contributed by atoms with Gasteiger partial charge in [-0.25, -0.2) is 0 Å². The van der Waals surface area contributed by atoms with Crippen LogP contribution < -0.4 is 0 Å². The minimum Gasteiger partial charge on any atom is -0.143 e. The van der Waals surface area contributed by atoms with E-state index in [9.17, 15) is 0 Å². The average molecular weight is 180 g/mol. The molecule has 1 heteroatoms. The van der Waals surface area contributed by atoms with Crippen LogP contribution in [0.2, 0.25) is 0 Å². The number of hydrogen-bond donors (Lipinski definition) is 1. The molecule has 1 rings (SSSR count). The number of rotatable bonds is 1. The lowest BCUT2D eigenvalue weighted by Crippen LogP contribution is -1.94. The van der Waals surface area contributed by atoms with E-state index in [4.69, 9.17) is 0 Å². The number of thiol groups is 1. The van der Waals surface area contributed by atoms with Gasteiger partial charge in [-0.3, -0.25) is 0 Å². The van der Waals surface area contributed by atoms with E-state index in [0.29, 0.717) is 5.92 Å². The molecule has 0 saturated carbocycles. The van der Waals surface area contributed by atoms with E-state index in [1.165, 1.54) is 16.7 Å². The Morgan fingerprint density at radius 2 is 1.75 bits per heavy atom. The summed E-state index contributed by atoms with van der Waals surface area (Å²) in [6.07, 6.45) is 0. The fourth-order valence-corrected chi connectivity index (χ4v) is 1.80. The van der Waals surface area contributed by atoms with Crippen molar-refractivity contribution in [3.05, 3.63) is 28.8 Å². The second-order valence-corrected chi connectivity index (χ2v) is 4.13. The Hall–Kier alpha value is -0.430. The van der Waals surface area contributed by atoms with E-state index in [1.807, 2.05) is 0 Å². The van der Waals surface area contributed by atoms with Crippen molar-refractivity contribution in [3.63, 3.8) is 0 Å². The van der Waals surface area contributed by atoms with E-state index in [1.54, 1.807) is 0 Å². The summed E-state index contributed by atoms with van der Waals surface area (Å²) < 4.78 is 0. The summed E-state index contributed by atoms with van der Waals surface area (Å²) in [6.45, 7) is 8.69. The molecule has 1 aromatic rings. The molecule has 0 aliphatic rings. The zero-order valence-electron chi connectivity index (χ0n) is 8.18. The van der Waals surface area contributed by atoms with Crippen LogP contribution in [0.4, 0.5) is 0 Å². The van der Waals surface area contributed by atoms with Crippen molar-refractivity contribution in [2.24, 2.45) is 0 Å². The molecule has 0 radical (unpaired) electrons. The van der Waals surface area contributed by atoms with Crippen molar-refractivity contribution in [1.29, 1.82) is 0 Å². The van der Waals surface area contributed by atoms with Crippen molar-refractivity contribution in [2.75, 3.05) is 0 Å². The molecule has 0 aromatic heterocycles. The van der Waals surface area contributed by atoms with Gasteiger partial charge in [0.2, 0.25) is 0 Å². The Kier molecular flexibility index (Phi) is 2.84. The Bertz CT molecular complexity index is 287. The second kappa shape index (κ2) is 3.53. The fourth-order valence-electron chi connectivity index (χ4n) is 1.47. The first kappa shape index (κ1) is 9.66. The molecule has 0 unspecified atom stereocenters. The van der Waals surface area contributed by atoms with Crippen LogP contribution in [0.15, 0.2) is 17.0 Å². The predicted molar refractivity (Wildman–Crippen MR) is 57.3 cm³/mol. The summed E-state index contributed by atoms with van der Waals surface area (Å²) in [4.78, 5) is 1.11. The molecule has 0 heterocycles. The van der Waals surface area contributed by atoms with Gasteiger partial charge in [-0.2, -0.15) is 0 Å². The molecule has 0 N–H and O–H groups in total. The lowest BCUT2D eigenvalue weighted by molar-refractivity contribution is 0.847. The fraction of sp³-hybridized carbons (Fsp3) is 0.455. The monoisotopic (exact) mass is 180 g/mol. The molecule has 0 bridgehead atoms. The lowest BCUT2D eigenvalue weighted by atomic mass is 9.96. The van der Waals surface area contributed by atoms with E-state index < -0.39 is 0 Å². The highest BCUT2D eigenvalue weighted by Crippen LogP contribution is 2.25. The molecular formula is C11H16S. The van der Waals surface area contributed by atoms with Crippen LogP contribution in [0, 0.1) is 13.8 Å². The van der Waals surface area contributed by atoms with Gasteiger partial charge in [-0.1, -0.05) is 19.9 Å². The van der Waals surface area contributed by atoms with E-state index in [0.717, 1.165) is 4.90 Å². The van der Waals surface area contributed by atoms with Gasteiger partial charge in [0, 0.05) is 4.90 Å². The normalized spacial score (nSPS) is 10.8. The maximum Gasteiger partial charge on any atom is 0.00747 e. The van der Waals surface area contributed by atoms with Crippen molar-refractivity contribution < 1.29 is 0 Å². The summed E-state index contributed by atoms with van der Waals surface area (Å²) in [5.41, 5.74) is 4.04. The molecule has 12 heavy (non-hydrogen) atoms. The second-order valence-electron chi connectivity index (χ2n) is 3.65. The van der Waals surface area contributed by atoms with Crippen LogP contribution >= 0.6 is 12.6 Å². The van der Waals surface area contributed by atoms with Gasteiger partial charge in [0.25, 0.3) is 0 Å². The van der Waals surface area contributed by atoms with Gasteiger partial charge >= 0.3 is 0 Å². The SMILES string of the molecule is Cc1cc(S)c(C)c(C(C)C)c1. The first-order chi connectivity index (χ1) is 5.52. The molecule has 1 aromatic carbocycles. The third-order valence-corrected chi connectivity index (χ3v) is 2.65. The first-order valence-electron chi connectivity index (χ1n) is 4.32. The number of hydrogen-bond acceptors (Lipinski definition) is 1. The van der Waals surface area contributed by atoms with Gasteiger partial charge in [0.1, 0.15) is 0 Å². The van der Waals surface area contributed by atoms with Crippen LogP contribution in [-0.2, 0) is 0 Å². The molecule has 0 saturated heterocycles. The third kappa shape index (κ3) is 1.84. The smallest absolute Gasteiger partial charge is 0.00747 e. The van der Waals surface area contributed by atoms with Gasteiger partial charge in [-0.05, 0) is 42.5 Å². The average Bonchev–Trinajstić information content (AvgIpc) is 1.96. The maximum absolute atomic E-state index is 4.43. The summed E-state index contributed by atoms with van der Waals surface area (Å²) in [7, 11) is 0. The van der Waals surface area contributed by atoms with E-state index >= 15 is 0 Å². The Morgan fingerprint density at radius 3 is 2.25 bits per heavy atom. The Morgan fingerprint density at radius 1 is 1.17 bits per heavy atom. The molecule has 0 atom stereocenters. The molecule has 0 spiro atoms. The topological polar surface area (TPSA) is 0 Å². The summed E-state index contributed by atoms with van der Waals surface area (Å²) in [5, 5.41) is 0. The molecular weight excluding hydrogens is 164 g/mol. The predicted octanol–water partition coefficient (Wildman–Crippen LogP) is 3.72. The highest BCUT2D eigenvalue weighted by Gasteiger charge is 2.05. The lowest BCUT2D eigenvalue weighted by Gasteiger charge is -2.12. The van der Waals surface area contributed by atoms with Crippen molar-refractivity contribution in [1.82, 2.24) is 0 Å². The molecule has 0 amide bonds. The standard InChI is InChI=1S/C11H16S/c1-7(2)10-5-8(3)6-11(12)9(10)4/h5-7,12H,1-4H3. The minimum atomic E-state index is 0.593. The third-order valence-electron chi connectivity index (χ3n) is 2.19. The molecule has 66 valence electrons. The quantitative estimate of drug-likeness (QED) is 0.626. The zero-order chi connectivity index (χ0) is 9.30. The van der Waals surface area contributed by atoms with Crippen molar-refractivity contribution in [2.45, 2.75) is 38.5 Å². The number of benzene rings is 1. The molecule has 0 aliphatic carbocycles. The van der Waals surface area contributed by atoms with Crippen LogP contribution in [0.3, 0.4) is 0 Å². The molecule has 0 aliphatic heterocycles. The van der Waals surface area contributed by atoms with Crippen LogP contribution in [-0.4, -0.2) is 0 Å². The van der Waals surface area contributed by atoms with Gasteiger partial charge in [-0.15, -0.1) is 12.6 Å². The first-order valence-corrected chi connectivity index (χ1v) is 4.77. The van der Waals surface area contributed by atoms with Gasteiger partial charge < -0.3 is 0 Å². The summed E-state index contributed by atoms with van der Waals surface area (Å²) in [5.74, 6) is 0.593. The highest BCUT2D eigenvalue weighted by molar-refractivity contribution is 7.80. The van der Waals surface area contributed by atoms with E-state index in [2.05, 4.69) is 52.5 Å². The van der Waals surface area contributed by atoms with E-state index in [-0.39, 0.29) is 0 Å². The summed E-state index contributed by atoms with van der Waals surface area (Å²) in [6, 6.07) is 4.37. The minimum absolute atomic E-state index is 0.593. The molecule has 0 nitrogen and oxygen atoms in total. The summed E-state index contributed by atoms with van der Waals surface area (Å²) >= 11 is 4.43. The number of aryl methyl sites for hydroxylation is 1. The van der Waals surface area contributed by atoms with Gasteiger partial charge in [0.15, 0.2) is 0 Å². The van der Waals surface area contributed by atoms with Crippen LogP contribution in [0.1, 0.15) is 36.5 Å². The van der Waals surface area contributed by atoms with Crippen LogP contribution in [0.25, 0.3) is 0 Å². The highest BCUT2D eigenvalue weighted by atomic mass is 32.1. The largest absolute Gasteiger partial charge is 0.143 e. The molecule has 0 fully saturated rings. The Balaban J connectivity index is 3.28.